The average molecular weight is 221 g/mol. The van der Waals surface area contributed by atoms with Crippen LogP contribution < -0.4 is 5.32 Å². The molecule has 1 aliphatic rings. The van der Waals surface area contributed by atoms with Gasteiger partial charge in [0.15, 0.2) is 0 Å². The lowest BCUT2D eigenvalue weighted by atomic mass is 10.1. The predicted octanol–water partition coefficient (Wildman–Crippen LogP) is 2.43. The minimum Gasteiger partial charge on any atom is -0.311 e. The summed E-state index contributed by atoms with van der Waals surface area (Å²) < 4.78 is 2.11. The molecule has 1 atom stereocenters. The Hall–Kier alpha value is -0.830. The molecule has 0 amide bonds. The number of rotatable bonds is 7. The van der Waals surface area contributed by atoms with Gasteiger partial charge in [-0.25, -0.2) is 0 Å². The zero-order chi connectivity index (χ0) is 11.4. The fourth-order valence-electron chi connectivity index (χ4n) is 2.18. The summed E-state index contributed by atoms with van der Waals surface area (Å²) in [5, 5.41) is 7.87. The molecule has 1 aromatic rings. The van der Waals surface area contributed by atoms with E-state index in [1.165, 1.54) is 18.5 Å². The molecule has 1 aliphatic carbocycles. The number of aromatic nitrogens is 2. The SMILES string of the molecule is CCCn1nccc1CNCC(C)C1CC1. The van der Waals surface area contributed by atoms with Crippen LogP contribution in [0, 0.1) is 11.8 Å². The standard InChI is InChI=1S/C13H23N3/c1-3-8-16-13(6-7-15-16)10-14-9-11(2)12-4-5-12/h6-7,11-12,14H,3-5,8-10H2,1-2H3. The number of hydrogen-bond donors (Lipinski definition) is 1. The summed E-state index contributed by atoms with van der Waals surface area (Å²) in [5.74, 6) is 1.83. The fraction of sp³-hybridized carbons (Fsp3) is 0.769. The highest BCUT2D eigenvalue weighted by Gasteiger charge is 2.27. The maximum Gasteiger partial charge on any atom is 0.0522 e. The highest BCUT2D eigenvalue weighted by Crippen LogP contribution is 2.36. The molecule has 0 spiro atoms. The summed E-state index contributed by atoms with van der Waals surface area (Å²) in [6.45, 7) is 7.67. The fourth-order valence-corrected chi connectivity index (χ4v) is 2.18. The number of hydrogen-bond acceptors (Lipinski definition) is 2. The van der Waals surface area contributed by atoms with Crippen molar-refractivity contribution in [1.29, 1.82) is 0 Å². The van der Waals surface area contributed by atoms with Crippen molar-refractivity contribution in [2.75, 3.05) is 6.54 Å². The third-order valence-corrected chi connectivity index (χ3v) is 3.44. The maximum absolute atomic E-state index is 4.33. The molecule has 1 fully saturated rings. The van der Waals surface area contributed by atoms with Crippen LogP contribution in [0.15, 0.2) is 12.3 Å². The van der Waals surface area contributed by atoms with E-state index in [0.29, 0.717) is 0 Å². The Bertz CT molecular complexity index is 315. The predicted molar refractivity (Wildman–Crippen MR) is 66.1 cm³/mol. The van der Waals surface area contributed by atoms with E-state index in [4.69, 9.17) is 0 Å². The normalized spacial score (nSPS) is 17.6. The first-order valence-electron chi connectivity index (χ1n) is 6.52. The molecular weight excluding hydrogens is 198 g/mol. The molecule has 1 unspecified atom stereocenters. The van der Waals surface area contributed by atoms with E-state index in [1.807, 2.05) is 6.20 Å². The van der Waals surface area contributed by atoms with E-state index >= 15 is 0 Å². The van der Waals surface area contributed by atoms with Gasteiger partial charge >= 0.3 is 0 Å². The van der Waals surface area contributed by atoms with Crippen molar-refractivity contribution >= 4 is 0 Å². The van der Waals surface area contributed by atoms with Crippen LogP contribution in [-0.4, -0.2) is 16.3 Å². The van der Waals surface area contributed by atoms with E-state index < -0.39 is 0 Å². The van der Waals surface area contributed by atoms with Crippen molar-refractivity contribution in [3.63, 3.8) is 0 Å². The van der Waals surface area contributed by atoms with Crippen molar-refractivity contribution in [2.24, 2.45) is 11.8 Å². The van der Waals surface area contributed by atoms with Gasteiger partial charge in [0.05, 0.1) is 5.69 Å². The summed E-state index contributed by atoms with van der Waals surface area (Å²) in [4.78, 5) is 0. The molecule has 1 aromatic heterocycles. The molecular formula is C13H23N3. The van der Waals surface area contributed by atoms with Gasteiger partial charge < -0.3 is 5.32 Å². The van der Waals surface area contributed by atoms with Gasteiger partial charge in [-0.1, -0.05) is 13.8 Å². The largest absolute Gasteiger partial charge is 0.311 e. The second-order valence-electron chi connectivity index (χ2n) is 4.99. The molecule has 16 heavy (non-hydrogen) atoms. The Labute approximate surface area is 98.2 Å². The quantitative estimate of drug-likeness (QED) is 0.766. The van der Waals surface area contributed by atoms with Crippen LogP contribution in [0.25, 0.3) is 0 Å². The lowest BCUT2D eigenvalue weighted by Crippen LogP contribution is -2.23. The number of nitrogens with one attached hydrogen (secondary N) is 1. The zero-order valence-electron chi connectivity index (χ0n) is 10.4. The van der Waals surface area contributed by atoms with E-state index in [0.717, 1.165) is 37.9 Å². The third-order valence-electron chi connectivity index (χ3n) is 3.44. The van der Waals surface area contributed by atoms with Crippen LogP contribution in [0.5, 0.6) is 0 Å². The van der Waals surface area contributed by atoms with E-state index in [2.05, 4.69) is 35.0 Å². The van der Waals surface area contributed by atoms with Gasteiger partial charge in [-0.15, -0.1) is 0 Å². The molecule has 90 valence electrons. The smallest absolute Gasteiger partial charge is 0.0522 e. The first kappa shape index (κ1) is 11.6. The summed E-state index contributed by atoms with van der Waals surface area (Å²) >= 11 is 0. The molecule has 0 aromatic carbocycles. The highest BCUT2D eigenvalue weighted by molar-refractivity contribution is 5.00. The van der Waals surface area contributed by atoms with E-state index in [1.54, 1.807) is 0 Å². The second kappa shape index (κ2) is 5.48. The monoisotopic (exact) mass is 221 g/mol. The van der Waals surface area contributed by atoms with Crippen molar-refractivity contribution in [2.45, 2.75) is 46.2 Å². The molecule has 0 radical (unpaired) electrons. The van der Waals surface area contributed by atoms with Gasteiger partial charge in [0.1, 0.15) is 0 Å². The Kier molecular flexibility index (Phi) is 3.99. The first-order valence-corrected chi connectivity index (χ1v) is 6.52. The third kappa shape index (κ3) is 3.08. The average Bonchev–Trinajstić information content (AvgIpc) is 3.03. The van der Waals surface area contributed by atoms with Gasteiger partial charge in [-0.3, -0.25) is 4.68 Å². The maximum atomic E-state index is 4.33. The molecule has 0 bridgehead atoms. The van der Waals surface area contributed by atoms with Gasteiger partial charge in [0, 0.05) is 19.3 Å². The summed E-state index contributed by atoms with van der Waals surface area (Å²) in [6.07, 6.45) is 5.93. The van der Waals surface area contributed by atoms with Gasteiger partial charge in [-0.05, 0) is 43.7 Å². The van der Waals surface area contributed by atoms with Crippen LogP contribution >= 0.6 is 0 Å². The number of aryl methyl sites for hydroxylation is 1. The van der Waals surface area contributed by atoms with Gasteiger partial charge in [0.2, 0.25) is 0 Å². The topological polar surface area (TPSA) is 29.9 Å². The Morgan fingerprint density at radius 3 is 3.06 bits per heavy atom. The number of nitrogens with zero attached hydrogens (tertiary/aromatic N) is 2. The van der Waals surface area contributed by atoms with E-state index in [-0.39, 0.29) is 0 Å². The van der Waals surface area contributed by atoms with Crippen LogP contribution in [0.2, 0.25) is 0 Å². The van der Waals surface area contributed by atoms with Crippen LogP contribution in [-0.2, 0) is 13.1 Å². The molecule has 0 saturated heterocycles. The molecule has 1 N–H and O–H groups in total. The summed E-state index contributed by atoms with van der Waals surface area (Å²) in [6, 6.07) is 2.12. The van der Waals surface area contributed by atoms with Crippen molar-refractivity contribution in [1.82, 2.24) is 15.1 Å². The second-order valence-corrected chi connectivity index (χ2v) is 4.99. The first-order chi connectivity index (χ1) is 7.81. The van der Waals surface area contributed by atoms with Gasteiger partial charge in [-0.2, -0.15) is 5.10 Å². The van der Waals surface area contributed by atoms with Gasteiger partial charge in [0.25, 0.3) is 0 Å². The lowest BCUT2D eigenvalue weighted by molar-refractivity contribution is 0.451. The molecule has 2 rings (SSSR count). The molecule has 3 nitrogen and oxygen atoms in total. The van der Waals surface area contributed by atoms with Crippen LogP contribution in [0.1, 0.15) is 38.8 Å². The van der Waals surface area contributed by atoms with Crippen LogP contribution in [0.4, 0.5) is 0 Å². The Morgan fingerprint density at radius 1 is 1.56 bits per heavy atom. The summed E-state index contributed by atoms with van der Waals surface area (Å²) in [5.41, 5.74) is 1.31. The van der Waals surface area contributed by atoms with Crippen molar-refractivity contribution < 1.29 is 0 Å². The molecule has 1 saturated carbocycles. The minimum absolute atomic E-state index is 0.836. The molecule has 1 heterocycles. The highest BCUT2D eigenvalue weighted by atomic mass is 15.3. The summed E-state index contributed by atoms with van der Waals surface area (Å²) in [7, 11) is 0. The Balaban J connectivity index is 1.73. The lowest BCUT2D eigenvalue weighted by Gasteiger charge is -2.12. The molecule has 0 aliphatic heterocycles. The van der Waals surface area contributed by atoms with Crippen molar-refractivity contribution in [3.8, 4) is 0 Å². The minimum atomic E-state index is 0.836. The zero-order valence-corrected chi connectivity index (χ0v) is 10.4. The van der Waals surface area contributed by atoms with Crippen molar-refractivity contribution in [3.05, 3.63) is 18.0 Å². The molecule has 3 heteroatoms. The Morgan fingerprint density at radius 2 is 2.38 bits per heavy atom. The van der Waals surface area contributed by atoms with Crippen LogP contribution in [0.3, 0.4) is 0 Å². The van der Waals surface area contributed by atoms with E-state index in [9.17, 15) is 0 Å².